The van der Waals surface area contributed by atoms with Gasteiger partial charge in [-0.25, -0.2) is 0 Å². The molecule has 3 rings (SSSR count). The van der Waals surface area contributed by atoms with E-state index in [0.29, 0.717) is 6.04 Å². The third-order valence-electron chi connectivity index (χ3n) is 5.38. The Labute approximate surface area is 129 Å². The van der Waals surface area contributed by atoms with Crippen LogP contribution in [0.3, 0.4) is 0 Å². The van der Waals surface area contributed by atoms with Gasteiger partial charge in [0, 0.05) is 31.2 Å². The van der Waals surface area contributed by atoms with E-state index < -0.39 is 0 Å². The van der Waals surface area contributed by atoms with Crippen molar-refractivity contribution in [3.63, 3.8) is 0 Å². The SMILES string of the molecule is CC(C(N)c1ccccc1)N1CCC(N2CCCCC2)C1. The van der Waals surface area contributed by atoms with Crippen LogP contribution < -0.4 is 5.73 Å². The Morgan fingerprint density at radius 1 is 1.05 bits per heavy atom. The van der Waals surface area contributed by atoms with Crippen LogP contribution in [0.2, 0.25) is 0 Å². The van der Waals surface area contributed by atoms with E-state index in [4.69, 9.17) is 5.73 Å². The van der Waals surface area contributed by atoms with E-state index in [0.717, 1.165) is 6.04 Å². The number of nitrogens with zero attached hydrogens (tertiary/aromatic N) is 2. The van der Waals surface area contributed by atoms with Gasteiger partial charge < -0.3 is 5.73 Å². The summed E-state index contributed by atoms with van der Waals surface area (Å²) in [7, 11) is 0. The van der Waals surface area contributed by atoms with Crippen LogP contribution in [-0.2, 0) is 0 Å². The number of piperidine rings is 1. The molecule has 3 nitrogen and oxygen atoms in total. The highest BCUT2D eigenvalue weighted by Gasteiger charge is 2.32. The normalized spacial score (nSPS) is 27.6. The largest absolute Gasteiger partial charge is 0.323 e. The number of benzene rings is 1. The van der Waals surface area contributed by atoms with Crippen molar-refractivity contribution in [3.05, 3.63) is 35.9 Å². The second-order valence-corrected chi connectivity index (χ2v) is 6.71. The third kappa shape index (κ3) is 3.47. The number of hydrogen-bond acceptors (Lipinski definition) is 3. The summed E-state index contributed by atoms with van der Waals surface area (Å²) >= 11 is 0. The number of likely N-dealkylation sites (tertiary alicyclic amines) is 2. The van der Waals surface area contributed by atoms with Gasteiger partial charge in [0.1, 0.15) is 0 Å². The van der Waals surface area contributed by atoms with E-state index in [1.54, 1.807) is 0 Å². The molecule has 0 radical (unpaired) electrons. The van der Waals surface area contributed by atoms with Gasteiger partial charge in [-0.15, -0.1) is 0 Å². The third-order valence-corrected chi connectivity index (χ3v) is 5.38. The summed E-state index contributed by atoms with van der Waals surface area (Å²) in [5.41, 5.74) is 7.74. The van der Waals surface area contributed by atoms with Gasteiger partial charge in [0.05, 0.1) is 0 Å². The average molecular weight is 287 g/mol. The molecule has 0 aromatic heterocycles. The molecular weight excluding hydrogens is 258 g/mol. The minimum Gasteiger partial charge on any atom is -0.323 e. The second-order valence-electron chi connectivity index (χ2n) is 6.71. The molecule has 1 aromatic carbocycles. The maximum atomic E-state index is 6.49. The molecular formula is C18H29N3. The molecule has 3 heteroatoms. The zero-order chi connectivity index (χ0) is 14.7. The van der Waals surface area contributed by atoms with Crippen molar-refractivity contribution in [2.75, 3.05) is 26.2 Å². The van der Waals surface area contributed by atoms with Crippen LogP contribution in [0.4, 0.5) is 0 Å². The Bertz CT molecular complexity index is 427. The molecule has 2 fully saturated rings. The fourth-order valence-corrected chi connectivity index (χ4v) is 3.90. The number of hydrogen-bond donors (Lipinski definition) is 1. The number of rotatable bonds is 4. The minimum atomic E-state index is 0.117. The van der Waals surface area contributed by atoms with E-state index in [9.17, 15) is 0 Å². The van der Waals surface area contributed by atoms with Gasteiger partial charge in [0.25, 0.3) is 0 Å². The van der Waals surface area contributed by atoms with Gasteiger partial charge in [0.2, 0.25) is 0 Å². The average Bonchev–Trinajstić information content (AvgIpc) is 3.05. The van der Waals surface area contributed by atoms with Gasteiger partial charge in [-0.05, 0) is 44.8 Å². The van der Waals surface area contributed by atoms with Crippen LogP contribution in [0.15, 0.2) is 30.3 Å². The van der Waals surface area contributed by atoms with Crippen molar-refractivity contribution in [1.29, 1.82) is 0 Å². The minimum absolute atomic E-state index is 0.117. The van der Waals surface area contributed by atoms with E-state index in [1.165, 1.54) is 57.4 Å². The Kier molecular flexibility index (Phi) is 4.94. The van der Waals surface area contributed by atoms with Crippen LogP contribution >= 0.6 is 0 Å². The van der Waals surface area contributed by atoms with Gasteiger partial charge >= 0.3 is 0 Å². The molecule has 3 atom stereocenters. The maximum Gasteiger partial charge on any atom is 0.0450 e. The first-order chi connectivity index (χ1) is 10.3. The Balaban J connectivity index is 1.57. The fraction of sp³-hybridized carbons (Fsp3) is 0.667. The van der Waals surface area contributed by atoms with E-state index >= 15 is 0 Å². The molecule has 0 saturated carbocycles. The molecule has 1 aromatic rings. The Hall–Kier alpha value is -0.900. The summed E-state index contributed by atoms with van der Waals surface area (Å²) < 4.78 is 0. The summed E-state index contributed by atoms with van der Waals surface area (Å²) in [5.74, 6) is 0. The zero-order valence-corrected chi connectivity index (χ0v) is 13.2. The smallest absolute Gasteiger partial charge is 0.0450 e. The molecule has 0 spiro atoms. The summed E-state index contributed by atoms with van der Waals surface area (Å²) in [5, 5.41) is 0. The van der Waals surface area contributed by atoms with Gasteiger partial charge in [0.15, 0.2) is 0 Å². The molecule has 0 aliphatic carbocycles. The van der Waals surface area contributed by atoms with Crippen LogP contribution in [-0.4, -0.2) is 48.1 Å². The molecule has 2 aliphatic heterocycles. The second kappa shape index (κ2) is 6.91. The van der Waals surface area contributed by atoms with E-state index in [2.05, 4.69) is 47.1 Å². The lowest BCUT2D eigenvalue weighted by atomic mass is 10.0. The maximum absolute atomic E-state index is 6.49. The number of nitrogens with two attached hydrogens (primary N) is 1. The Morgan fingerprint density at radius 3 is 2.48 bits per heavy atom. The predicted molar refractivity (Wildman–Crippen MR) is 88.2 cm³/mol. The lowest BCUT2D eigenvalue weighted by Crippen LogP contribution is -2.44. The van der Waals surface area contributed by atoms with E-state index in [1.807, 2.05) is 0 Å². The first-order valence-electron chi connectivity index (χ1n) is 8.54. The molecule has 2 N–H and O–H groups in total. The zero-order valence-electron chi connectivity index (χ0n) is 13.2. The summed E-state index contributed by atoms with van der Waals surface area (Å²) in [6.45, 7) is 7.29. The fourth-order valence-electron chi connectivity index (χ4n) is 3.90. The van der Waals surface area contributed by atoms with Crippen molar-refractivity contribution in [1.82, 2.24) is 9.80 Å². The molecule has 3 unspecified atom stereocenters. The first-order valence-corrected chi connectivity index (χ1v) is 8.54. The van der Waals surface area contributed by atoms with Crippen molar-refractivity contribution >= 4 is 0 Å². The van der Waals surface area contributed by atoms with Crippen LogP contribution in [0.1, 0.15) is 44.2 Å². The molecule has 0 bridgehead atoms. The monoisotopic (exact) mass is 287 g/mol. The van der Waals surface area contributed by atoms with Gasteiger partial charge in [-0.2, -0.15) is 0 Å². The lowest BCUT2D eigenvalue weighted by Gasteiger charge is -2.34. The van der Waals surface area contributed by atoms with Crippen LogP contribution in [0, 0.1) is 0 Å². The van der Waals surface area contributed by atoms with Crippen LogP contribution in [0.5, 0.6) is 0 Å². The van der Waals surface area contributed by atoms with Crippen molar-refractivity contribution < 1.29 is 0 Å². The van der Waals surface area contributed by atoms with Crippen molar-refractivity contribution in [2.24, 2.45) is 5.73 Å². The molecule has 116 valence electrons. The highest BCUT2D eigenvalue weighted by molar-refractivity contribution is 5.20. The molecule has 0 amide bonds. The molecule has 2 heterocycles. The van der Waals surface area contributed by atoms with Crippen LogP contribution in [0.25, 0.3) is 0 Å². The lowest BCUT2D eigenvalue weighted by molar-refractivity contribution is 0.149. The highest BCUT2D eigenvalue weighted by Crippen LogP contribution is 2.25. The van der Waals surface area contributed by atoms with Gasteiger partial charge in [-0.1, -0.05) is 36.8 Å². The first kappa shape index (κ1) is 15.0. The summed E-state index contributed by atoms with van der Waals surface area (Å²) in [6.07, 6.45) is 5.50. The quantitative estimate of drug-likeness (QED) is 0.924. The predicted octanol–water partition coefficient (Wildman–Crippen LogP) is 2.64. The summed E-state index contributed by atoms with van der Waals surface area (Å²) in [6, 6.07) is 11.8. The van der Waals surface area contributed by atoms with Crippen molar-refractivity contribution in [2.45, 2.75) is 50.7 Å². The topological polar surface area (TPSA) is 32.5 Å². The summed E-state index contributed by atoms with van der Waals surface area (Å²) in [4.78, 5) is 5.31. The molecule has 2 saturated heterocycles. The molecule has 2 aliphatic rings. The highest BCUT2D eigenvalue weighted by atomic mass is 15.3. The molecule has 21 heavy (non-hydrogen) atoms. The van der Waals surface area contributed by atoms with Gasteiger partial charge in [-0.3, -0.25) is 9.80 Å². The van der Waals surface area contributed by atoms with E-state index in [-0.39, 0.29) is 6.04 Å². The van der Waals surface area contributed by atoms with Crippen molar-refractivity contribution in [3.8, 4) is 0 Å². The standard InChI is InChI=1S/C18H29N3/c1-15(18(19)16-8-4-2-5-9-16)21-13-10-17(14-21)20-11-6-3-7-12-20/h2,4-5,8-9,15,17-18H,3,6-7,10-14,19H2,1H3. The Morgan fingerprint density at radius 2 is 1.76 bits per heavy atom.